The van der Waals surface area contributed by atoms with Crippen LogP contribution >= 0.6 is 0 Å². The van der Waals surface area contributed by atoms with Crippen LogP contribution in [0.25, 0.3) is 0 Å². The standard InChI is InChI=1S/C17H18N2O2/c1-12(19)17(15-8-3-4-9-16(15)20-2)21-14-7-5-6-13(10-14)11-18/h3-10,12,17H,19H2,1-2H3. The molecule has 0 fully saturated rings. The molecule has 4 nitrogen and oxygen atoms in total. The molecule has 0 heterocycles. The Morgan fingerprint density at radius 2 is 1.90 bits per heavy atom. The molecule has 4 heteroatoms. The van der Waals surface area contributed by atoms with Gasteiger partial charge in [0.1, 0.15) is 17.6 Å². The van der Waals surface area contributed by atoms with E-state index in [0.717, 1.165) is 11.3 Å². The molecule has 0 aromatic heterocycles. The molecule has 2 rings (SSSR count). The van der Waals surface area contributed by atoms with Crippen molar-refractivity contribution in [3.8, 4) is 17.6 Å². The van der Waals surface area contributed by atoms with Gasteiger partial charge in [0.15, 0.2) is 0 Å². The number of rotatable bonds is 5. The highest BCUT2D eigenvalue weighted by Crippen LogP contribution is 2.31. The fraction of sp³-hybridized carbons (Fsp3) is 0.235. The van der Waals surface area contributed by atoms with Gasteiger partial charge in [0.25, 0.3) is 0 Å². The zero-order chi connectivity index (χ0) is 15.2. The van der Waals surface area contributed by atoms with Crippen LogP contribution < -0.4 is 15.2 Å². The van der Waals surface area contributed by atoms with E-state index in [1.165, 1.54) is 0 Å². The van der Waals surface area contributed by atoms with Crippen molar-refractivity contribution in [1.82, 2.24) is 0 Å². The molecule has 2 N–H and O–H groups in total. The van der Waals surface area contributed by atoms with Crippen molar-refractivity contribution >= 4 is 0 Å². The highest BCUT2D eigenvalue weighted by atomic mass is 16.5. The first-order chi connectivity index (χ1) is 10.2. The Hall–Kier alpha value is -2.51. The highest BCUT2D eigenvalue weighted by molar-refractivity contribution is 5.39. The average molecular weight is 282 g/mol. The zero-order valence-electron chi connectivity index (χ0n) is 12.1. The normalized spacial score (nSPS) is 13.0. The van der Waals surface area contributed by atoms with Gasteiger partial charge in [-0.3, -0.25) is 0 Å². The molecule has 21 heavy (non-hydrogen) atoms. The number of ether oxygens (including phenoxy) is 2. The van der Waals surface area contributed by atoms with Crippen LogP contribution in [0.15, 0.2) is 48.5 Å². The van der Waals surface area contributed by atoms with Crippen molar-refractivity contribution in [1.29, 1.82) is 5.26 Å². The summed E-state index contributed by atoms with van der Waals surface area (Å²) in [6.45, 7) is 1.88. The largest absolute Gasteiger partial charge is 0.496 e. The number of nitrogens with two attached hydrogens (primary N) is 1. The first-order valence-corrected chi connectivity index (χ1v) is 6.71. The Morgan fingerprint density at radius 1 is 1.14 bits per heavy atom. The molecule has 2 aromatic rings. The summed E-state index contributed by atoms with van der Waals surface area (Å²) in [5, 5.41) is 8.95. The number of para-hydroxylation sites is 1. The Kier molecular flexibility index (Phi) is 4.81. The van der Waals surface area contributed by atoms with E-state index in [-0.39, 0.29) is 12.1 Å². The van der Waals surface area contributed by atoms with E-state index in [0.29, 0.717) is 11.3 Å². The van der Waals surface area contributed by atoms with Crippen LogP contribution in [0.1, 0.15) is 24.2 Å². The Morgan fingerprint density at radius 3 is 2.57 bits per heavy atom. The molecule has 2 aromatic carbocycles. The van der Waals surface area contributed by atoms with Crippen molar-refractivity contribution in [2.24, 2.45) is 5.73 Å². The Labute approximate surface area is 124 Å². The molecule has 0 aliphatic rings. The van der Waals surface area contributed by atoms with Gasteiger partial charge in [0, 0.05) is 11.6 Å². The lowest BCUT2D eigenvalue weighted by molar-refractivity contribution is 0.176. The van der Waals surface area contributed by atoms with Crippen LogP contribution in [0.3, 0.4) is 0 Å². The SMILES string of the molecule is COc1ccccc1C(Oc1cccc(C#N)c1)C(C)N. The smallest absolute Gasteiger partial charge is 0.142 e. The maximum atomic E-state index is 8.95. The number of hydrogen-bond donors (Lipinski definition) is 1. The average Bonchev–Trinajstić information content (AvgIpc) is 2.52. The van der Waals surface area contributed by atoms with Crippen molar-refractivity contribution in [3.05, 3.63) is 59.7 Å². The van der Waals surface area contributed by atoms with Crippen LogP contribution in [0, 0.1) is 11.3 Å². The Balaban J connectivity index is 2.33. The molecule has 0 bridgehead atoms. The van der Waals surface area contributed by atoms with Crippen LogP contribution in [-0.4, -0.2) is 13.2 Å². The summed E-state index contributed by atoms with van der Waals surface area (Å²) < 4.78 is 11.4. The minimum absolute atomic E-state index is 0.230. The van der Waals surface area contributed by atoms with Gasteiger partial charge in [0.2, 0.25) is 0 Å². The van der Waals surface area contributed by atoms with Crippen molar-refractivity contribution < 1.29 is 9.47 Å². The summed E-state index contributed by atoms with van der Waals surface area (Å²) in [5.41, 5.74) is 7.50. The molecule has 108 valence electrons. The number of nitrogens with zero attached hydrogens (tertiary/aromatic N) is 1. The number of methoxy groups -OCH3 is 1. The van der Waals surface area contributed by atoms with Crippen LogP contribution in [0.2, 0.25) is 0 Å². The van der Waals surface area contributed by atoms with Gasteiger partial charge in [-0.1, -0.05) is 24.3 Å². The predicted molar refractivity (Wildman–Crippen MR) is 81.2 cm³/mol. The van der Waals surface area contributed by atoms with Crippen molar-refractivity contribution in [2.75, 3.05) is 7.11 Å². The molecule has 0 saturated heterocycles. The fourth-order valence-corrected chi connectivity index (χ4v) is 2.14. The van der Waals surface area contributed by atoms with Gasteiger partial charge >= 0.3 is 0 Å². The molecular formula is C17H18N2O2. The lowest BCUT2D eigenvalue weighted by Gasteiger charge is -2.24. The number of benzene rings is 2. The van der Waals surface area contributed by atoms with E-state index in [9.17, 15) is 0 Å². The molecule has 0 spiro atoms. The lowest BCUT2D eigenvalue weighted by Crippen LogP contribution is -2.29. The van der Waals surface area contributed by atoms with E-state index in [4.69, 9.17) is 20.5 Å². The van der Waals surface area contributed by atoms with Crippen molar-refractivity contribution in [3.63, 3.8) is 0 Å². The summed E-state index contributed by atoms with van der Waals surface area (Å²) in [4.78, 5) is 0. The van der Waals surface area contributed by atoms with Crippen LogP contribution in [0.5, 0.6) is 11.5 Å². The molecule has 2 atom stereocenters. The molecule has 2 unspecified atom stereocenters. The second-order valence-electron chi connectivity index (χ2n) is 4.78. The first kappa shape index (κ1) is 14.9. The lowest BCUT2D eigenvalue weighted by atomic mass is 10.0. The van der Waals surface area contributed by atoms with Gasteiger partial charge in [-0.2, -0.15) is 5.26 Å². The summed E-state index contributed by atoms with van der Waals surface area (Å²) in [6, 6.07) is 16.5. The molecule has 0 aliphatic carbocycles. The van der Waals surface area contributed by atoms with E-state index in [1.54, 1.807) is 25.3 Å². The third-order valence-electron chi connectivity index (χ3n) is 3.15. The third-order valence-corrected chi connectivity index (χ3v) is 3.15. The van der Waals surface area contributed by atoms with Gasteiger partial charge in [-0.25, -0.2) is 0 Å². The summed E-state index contributed by atoms with van der Waals surface area (Å²) in [5.74, 6) is 1.35. The predicted octanol–water partition coefficient (Wildman–Crippen LogP) is 3.03. The first-order valence-electron chi connectivity index (χ1n) is 6.71. The van der Waals surface area contributed by atoms with E-state index >= 15 is 0 Å². The zero-order valence-corrected chi connectivity index (χ0v) is 12.1. The van der Waals surface area contributed by atoms with E-state index < -0.39 is 0 Å². The summed E-state index contributed by atoms with van der Waals surface area (Å²) in [6.07, 6.45) is -0.352. The number of nitriles is 1. The molecular weight excluding hydrogens is 264 g/mol. The van der Waals surface area contributed by atoms with Crippen LogP contribution in [-0.2, 0) is 0 Å². The monoisotopic (exact) mass is 282 g/mol. The molecule has 0 aliphatic heterocycles. The second-order valence-corrected chi connectivity index (χ2v) is 4.78. The van der Waals surface area contributed by atoms with E-state index in [1.807, 2.05) is 37.3 Å². The van der Waals surface area contributed by atoms with Gasteiger partial charge < -0.3 is 15.2 Å². The Bertz CT molecular complexity index is 647. The molecule has 0 saturated carbocycles. The fourth-order valence-electron chi connectivity index (χ4n) is 2.14. The number of hydrogen-bond acceptors (Lipinski definition) is 4. The highest BCUT2D eigenvalue weighted by Gasteiger charge is 2.22. The quantitative estimate of drug-likeness (QED) is 0.915. The van der Waals surface area contributed by atoms with Crippen molar-refractivity contribution in [2.45, 2.75) is 19.1 Å². The second kappa shape index (κ2) is 6.78. The molecule has 0 radical (unpaired) electrons. The summed E-state index contributed by atoms with van der Waals surface area (Å²) >= 11 is 0. The molecule has 0 amide bonds. The maximum Gasteiger partial charge on any atom is 0.142 e. The minimum atomic E-state index is -0.352. The third kappa shape index (κ3) is 3.53. The van der Waals surface area contributed by atoms with Gasteiger partial charge in [-0.05, 0) is 31.2 Å². The van der Waals surface area contributed by atoms with Gasteiger partial charge in [-0.15, -0.1) is 0 Å². The van der Waals surface area contributed by atoms with Crippen LogP contribution in [0.4, 0.5) is 0 Å². The maximum absolute atomic E-state index is 8.95. The minimum Gasteiger partial charge on any atom is -0.496 e. The van der Waals surface area contributed by atoms with E-state index in [2.05, 4.69) is 6.07 Å². The summed E-state index contributed by atoms with van der Waals surface area (Å²) in [7, 11) is 1.62. The van der Waals surface area contributed by atoms with Gasteiger partial charge in [0.05, 0.1) is 18.7 Å². The topological polar surface area (TPSA) is 68.3 Å².